The Hall–Kier alpha value is -0.830. The molecule has 1 heterocycles. The first-order valence-corrected chi connectivity index (χ1v) is 6.77. The number of nitrogens with zero attached hydrogens (tertiary/aromatic N) is 2. The fourth-order valence-corrected chi connectivity index (χ4v) is 2.04. The van der Waals surface area contributed by atoms with Crippen molar-refractivity contribution in [2.45, 2.75) is 66.5 Å². The standard InChI is InChI=1S/C14H27N3/c1-6-10(3)9-17-12(5)14(11(4)16-17)8-13(15)7-2/h10,13H,6-9,15H2,1-5H3. The van der Waals surface area contributed by atoms with Crippen LogP contribution in [0, 0.1) is 19.8 Å². The van der Waals surface area contributed by atoms with Crippen LogP contribution in [0.2, 0.25) is 0 Å². The van der Waals surface area contributed by atoms with Crippen LogP contribution >= 0.6 is 0 Å². The van der Waals surface area contributed by atoms with Crippen LogP contribution in [0.25, 0.3) is 0 Å². The highest BCUT2D eigenvalue weighted by Gasteiger charge is 2.14. The average molecular weight is 237 g/mol. The van der Waals surface area contributed by atoms with E-state index in [-0.39, 0.29) is 6.04 Å². The molecule has 3 heteroatoms. The van der Waals surface area contributed by atoms with Gasteiger partial charge in [-0.2, -0.15) is 5.10 Å². The fraction of sp³-hybridized carbons (Fsp3) is 0.786. The normalized spacial score (nSPS) is 14.9. The Kier molecular flexibility index (Phi) is 5.19. The van der Waals surface area contributed by atoms with Crippen LogP contribution in [-0.2, 0) is 13.0 Å². The van der Waals surface area contributed by atoms with Gasteiger partial charge in [0.2, 0.25) is 0 Å². The first-order valence-electron chi connectivity index (χ1n) is 6.77. The summed E-state index contributed by atoms with van der Waals surface area (Å²) in [5, 5.41) is 4.65. The maximum atomic E-state index is 6.04. The van der Waals surface area contributed by atoms with E-state index in [0.717, 1.165) is 25.1 Å². The molecule has 0 spiro atoms. The molecule has 0 aliphatic carbocycles. The van der Waals surface area contributed by atoms with Crippen LogP contribution < -0.4 is 5.73 Å². The van der Waals surface area contributed by atoms with Gasteiger partial charge in [0.1, 0.15) is 0 Å². The van der Waals surface area contributed by atoms with Gasteiger partial charge in [-0.15, -0.1) is 0 Å². The van der Waals surface area contributed by atoms with Crippen LogP contribution in [0.15, 0.2) is 0 Å². The predicted molar refractivity (Wildman–Crippen MR) is 73.1 cm³/mol. The molecule has 0 amide bonds. The van der Waals surface area contributed by atoms with Crippen LogP contribution in [0.3, 0.4) is 0 Å². The van der Waals surface area contributed by atoms with E-state index in [0.29, 0.717) is 5.92 Å². The first-order chi connectivity index (χ1) is 7.99. The van der Waals surface area contributed by atoms with Crippen molar-refractivity contribution in [3.05, 3.63) is 17.0 Å². The van der Waals surface area contributed by atoms with Gasteiger partial charge >= 0.3 is 0 Å². The zero-order valence-corrected chi connectivity index (χ0v) is 12.0. The Bertz CT molecular complexity index is 355. The molecule has 0 aliphatic heterocycles. The van der Waals surface area contributed by atoms with E-state index in [1.165, 1.54) is 17.7 Å². The van der Waals surface area contributed by atoms with Gasteiger partial charge in [-0.1, -0.05) is 27.2 Å². The molecule has 0 bridgehead atoms. The van der Waals surface area contributed by atoms with Gasteiger partial charge in [0, 0.05) is 18.3 Å². The van der Waals surface area contributed by atoms with E-state index >= 15 is 0 Å². The topological polar surface area (TPSA) is 43.8 Å². The molecular formula is C14H27N3. The Morgan fingerprint density at radius 1 is 1.24 bits per heavy atom. The molecule has 1 aromatic rings. The maximum absolute atomic E-state index is 6.04. The number of hydrogen-bond acceptors (Lipinski definition) is 2. The van der Waals surface area contributed by atoms with Crippen LogP contribution in [0.1, 0.15) is 50.6 Å². The largest absolute Gasteiger partial charge is 0.327 e. The smallest absolute Gasteiger partial charge is 0.0629 e. The van der Waals surface area contributed by atoms with Gasteiger partial charge in [-0.05, 0) is 38.2 Å². The summed E-state index contributed by atoms with van der Waals surface area (Å²) in [5.41, 5.74) is 9.84. The van der Waals surface area contributed by atoms with Gasteiger partial charge in [0.15, 0.2) is 0 Å². The van der Waals surface area contributed by atoms with Crippen molar-refractivity contribution in [2.24, 2.45) is 11.7 Å². The predicted octanol–water partition coefficient (Wildman–Crippen LogP) is 2.83. The molecule has 1 aromatic heterocycles. The van der Waals surface area contributed by atoms with Gasteiger partial charge < -0.3 is 5.73 Å². The quantitative estimate of drug-likeness (QED) is 0.827. The van der Waals surface area contributed by atoms with E-state index < -0.39 is 0 Å². The fourth-order valence-electron chi connectivity index (χ4n) is 2.04. The minimum atomic E-state index is 0.258. The molecule has 2 atom stereocenters. The van der Waals surface area contributed by atoms with Gasteiger partial charge in [-0.3, -0.25) is 4.68 Å². The van der Waals surface area contributed by atoms with Crippen molar-refractivity contribution < 1.29 is 0 Å². The molecule has 0 saturated carbocycles. The summed E-state index contributed by atoms with van der Waals surface area (Å²) >= 11 is 0. The van der Waals surface area contributed by atoms with E-state index in [1.807, 2.05) is 0 Å². The minimum Gasteiger partial charge on any atom is -0.327 e. The molecule has 0 fully saturated rings. The second-order valence-corrected chi connectivity index (χ2v) is 5.22. The lowest BCUT2D eigenvalue weighted by Gasteiger charge is -2.12. The van der Waals surface area contributed by atoms with Crippen molar-refractivity contribution in [2.75, 3.05) is 0 Å². The lowest BCUT2D eigenvalue weighted by Crippen LogP contribution is -2.22. The summed E-state index contributed by atoms with van der Waals surface area (Å²) in [6.45, 7) is 11.9. The molecule has 2 unspecified atom stereocenters. The van der Waals surface area contributed by atoms with Crippen molar-refractivity contribution >= 4 is 0 Å². The summed E-state index contributed by atoms with van der Waals surface area (Å²) in [6.07, 6.45) is 3.17. The lowest BCUT2D eigenvalue weighted by atomic mass is 10.0. The molecule has 0 aromatic carbocycles. The summed E-state index contributed by atoms with van der Waals surface area (Å²) in [5.74, 6) is 0.681. The van der Waals surface area contributed by atoms with Gasteiger partial charge in [-0.25, -0.2) is 0 Å². The monoisotopic (exact) mass is 237 g/mol. The second kappa shape index (κ2) is 6.20. The number of rotatable bonds is 6. The van der Waals surface area contributed by atoms with E-state index in [2.05, 4.69) is 44.4 Å². The average Bonchev–Trinajstić information content (AvgIpc) is 2.56. The zero-order chi connectivity index (χ0) is 13.0. The van der Waals surface area contributed by atoms with Crippen LogP contribution in [-0.4, -0.2) is 15.8 Å². The highest BCUT2D eigenvalue weighted by molar-refractivity contribution is 5.25. The maximum Gasteiger partial charge on any atom is 0.0629 e. The third-order valence-corrected chi connectivity index (χ3v) is 3.70. The van der Waals surface area contributed by atoms with E-state index in [1.54, 1.807) is 0 Å². The van der Waals surface area contributed by atoms with Crippen molar-refractivity contribution in [1.82, 2.24) is 9.78 Å². The Morgan fingerprint density at radius 3 is 2.41 bits per heavy atom. The lowest BCUT2D eigenvalue weighted by molar-refractivity contribution is 0.431. The molecule has 2 N–H and O–H groups in total. The molecule has 17 heavy (non-hydrogen) atoms. The summed E-state index contributed by atoms with van der Waals surface area (Å²) < 4.78 is 2.15. The SMILES string of the molecule is CCC(C)Cn1nc(C)c(CC(N)CC)c1C. The van der Waals surface area contributed by atoms with Gasteiger partial charge in [0.25, 0.3) is 0 Å². The summed E-state index contributed by atoms with van der Waals surface area (Å²) in [7, 11) is 0. The first kappa shape index (κ1) is 14.2. The molecule has 0 saturated heterocycles. The third-order valence-electron chi connectivity index (χ3n) is 3.70. The van der Waals surface area contributed by atoms with Crippen molar-refractivity contribution in [3.63, 3.8) is 0 Å². The Balaban J connectivity index is 2.85. The number of nitrogens with two attached hydrogens (primary N) is 1. The summed E-state index contributed by atoms with van der Waals surface area (Å²) in [4.78, 5) is 0. The third kappa shape index (κ3) is 3.56. The number of aryl methyl sites for hydroxylation is 1. The van der Waals surface area contributed by atoms with Crippen LogP contribution in [0.5, 0.6) is 0 Å². The van der Waals surface area contributed by atoms with Crippen molar-refractivity contribution in [1.29, 1.82) is 0 Å². The number of hydrogen-bond donors (Lipinski definition) is 1. The molecule has 3 nitrogen and oxygen atoms in total. The Morgan fingerprint density at radius 2 is 1.88 bits per heavy atom. The van der Waals surface area contributed by atoms with Gasteiger partial charge in [0.05, 0.1) is 5.69 Å². The molecule has 0 radical (unpaired) electrons. The molecule has 98 valence electrons. The minimum absolute atomic E-state index is 0.258. The molecular weight excluding hydrogens is 210 g/mol. The summed E-state index contributed by atoms with van der Waals surface area (Å²) in [6, 6.07) is 0.258. The van der Waals surface area contributed by atoms with E-state index in [4.69, 9.17) is 5.73 Å². The van der Waals surface area contributed by atoms with Crippen molar-refractivity contribution in [3.8, 4) is 0 Å². The highest BCUT2D eigenvalue weighted by atomic mass is 15.3. The molecule has 0 aliphatic rings. The molecule has 1 rings (SSSR count). The highest BCUT2D eigenvalue weighted by Crippen LogP contribution is 2.17. The number of aromatic nitrogens is 2. The second-order valence-electron chi connectivity index (χ2n) is 5.22. The Labute approximate surface area is 105 Å². The van der Waals surface area contributed by atoms with Crippen LogP contribution in [0.4, 0.5) is 0 Å². The van der Waals surface area contributed by atoms with E-state index in [9.17, 15) is 0 Å². The zero-order valence-electron chi connectivity index (χ0n) is 12.0.